The average Bonchev–Trinajstić information content (AvgIpc) is 3.09. The number of benzene rings is 5. The van der Waals surface area contributed by atoms with Gasteiger partial charge in [-0.3, -0.25) is 0 Å². The number of rotatable bonds is 15. The molecule has 0 unspecified atom stereocenters. The van der Waals surface area contributed by atoms with Gasteiger partial charge in [-0.2, -0.15) is 0 Å². The second kappa shape index (κ2) is 14.4. The summed E-state index contributed by atoms with van der Waals surface area (Å²) in [5.74, 6) is -10.8. The Hall–Kier alpha value is -6.73. The van der Waals surface area contributed by atoms with Crippen molar-refractivity contribution in [2.75, 3.05) is 0 Å². The first kappa shape index (κ1) is 35.6. The molecule has 260 valence electrons. The molecule has 0 radical (unpaired) electrons. The zero-order valence-electron chi connectivity index (χ0n) is 25.8. The van der Waals surface area contributed by atoms with Gasteiger partial charge < -0.3 is 0 Å². The summed E-state index contributed by atoms with van der Waals surface area (Å²) in [4.78, 5) is 62.4. The number of hydrogen-bond acceptors (Lipinski definition) is 10. The van der Waals surface area contributed by atoms with Crippen LogP contribution in [-0.4, -0.2) is 74.9 Å². The van der Waals surface area contributed by atoms with Crippen molar-refractivity contribution in [3.05, 3.63) is 149 Å². The summed E-state index contributed by atoms with van der Waals surface area (Å²) in [6.07, 6.45) is 0. The zero-order chi connectivity index (χ0) is 36.8. The molecule has 0 saturated heterocycles. The van der Waals surface area contributed by atoms with Crippen molar-refractivity contribution in [2.24, 2.45) is 0 Å². The standard InChI is InChI=1S/5C7H6O3.Sb/c5*8-6-4-2-1-3-5(6)7(9)10;/h5*1-4,8H,(H,9,10);/q;;;;;+5/p-5. The maximum absolute atomic E-state index is 12.5. The van der Waals surface area contributed by atoms with Gasteiger partial charge in [0, 0.05) is 0 Å². The Labute approximate surface area is 290 Å². The third kappa shape index (κ3) is 7.63. The van der Waals surface area contributed by atoms with Crippen molar-refractivity contribution >= 4 is 49.3 Å². The van der Waals surface area contributed by atoms with Crippen molar-refractivity contribution < 1.29 is 64.6 Å². The number of carboxylic acids is 5. The molecule has 0 saturated carbocycles. The van der Waals surface area contributed by atoms with Gasteiger partial charge in [0.25, 0.3) is 0 Å². The summed E-state index contributed by atoms with van der Waals surface area (Å²) < 4.78 is 32.0. The minimum atomic E-state index is -8.06. The van der Waals surface area contributed by atoms with Crippen molar-refractivity contribution in [3.8, 4) is 28.7 Å². The van der Waals surface area contributed by atoms with E-state index in [9.17, 15) is 49.5 Å². The summed E-state index contributed by atoms with van der Waals surface area (Å²) >= 11 is -8.06. The van der Waals surface area contributed by atoms with Gasteiger partial charge in [-0.25, -0.2) is 0 Å². The van der Waals surface area contributed by atoms with E-state index in [0.717, 1.165) is 60.7 Å². The molecule has 0 aliphatic heterocycles. The van der Waals surface area contributed by atoms with Crippen molar-refractivity contribution in [3.63, 3.8) is 0 Å². The van der Waals surface area contributed by atoms with Crippen LogP contribution in [0, 0.1) is 0 Å². The SMILES string of the molecule is O=C(O)c1ccccc1[O][Sb]([O]c1ccccc1C(=O)O)([O]c1ccccc1C(=O)O)([O]c1ccccc1C(=O)O)[O]c1ccccc1C(=O)O. The third-order valence-corrected chi connectivity index (χ3v) is 13.9. The van der Waals surface area contributed by atoms with Crippen LogP contribution in [0.15, 0.2) is 121 Å². The van der Waals surface area contributed by atoms with E-state index in [1.165, 1.54) is 60.7 Å². The molecule has 5 aromatic rings. The van der Waals surface area contributed by atoms with E-state index in [-0.39, 0.29) is 0 Å². The first-order chi connectivity index (χ1) is 24.3. The molecule has 0 aromatic heterocycles. The molecule has 0 bridgehead atoms. The van der Waals surface area contributed by atoms with E-state index in [4.69, 9.17) is 15.1 Å². The van der Waals surface area contributed by atoms with Crippen LogP contribution in [-0.2, 0) is 0 Å². The fraction of sp³-hybridized carbons (Fsp3) is 0. The Morgan fingerprint density at radius 3 is 0.627 bits per heavy atom. The van der Waals surface area contributed by atoms with Crippen molar-refractivity contribution in [2.45, 2.75) is 0 Å². The van der Waals surface area contributed by atoms with E-state index < -0.39 is 106 Å². The molecule has 0 heterocycles. The molecule has 0 aliphatic rings. The van der Waals surface area contributed by atoms with Gasteiger partial charge in [0.2, 0.25) is 0 Å². The molecule has 0 atom stereocenters. The number of carboxylic acid groups (broad SMARTS) is 5. The molecular weight excluding hydrogens is 782 g/mol. The molecule has 0 fully saturated rings. The quantitative estimate of drug-likeness (QED) is 0.0792. The molecule has 0 spiro atoms. The Morgan fingerprint density at radius 1 is 0.314 bits per heavy atom. The van der Waals surface area contributed by atoms with Gasteiger partial charge in [-0.05, 0) is 0 Å². The van der Waals surface area contributed by atoms with Crippen LogP contribution in [0.5, 0.6) is 28.7 Å². The average molecular weight is 807 g/mol. The Balaban J connectivity index is 2.01. The zero-order valence-corrected chi connectivity index (χ0v) is 28.4. The second-order valence-electron chi connectivity index (χ2n) is 10.2. The van der Waals surface area contributed by atoms with Gasteiger partial charge in [0.05, 0.1) is 0 Å². The van der Waals surface area contributed by atoms with Crippen molar-refractivity contribution in [1.29, 1.82) is 0 Å². The monoisotopic (exact) mass is 806 g/mol. The van der Waals surface area contributed by atoms with E-state index in [2.05, 4.69) is 0 Å². The third-order valence-electron chi connectivity index (χ3n) is 6.82. The van der Waals surface area contributed by atoms with Crippen LogP contribution >= 0.6 is 0 Å². The van der Waals surface area contributed by atoms with E-state index in [0.29, 0.717) is 0 Å². The number of hydrogen-bond donors (Lipinski definition) is 5. The predicted octanol–water partition coefficient (Wildman–Crippen LogP) is 5.76. The van der Waals surface area contributed by atoms with Gasteiger partial charge in [0.1, 0.15) is 0 Å². The normalized spacial score (nSPS) is 11.6. The topological polar surface area (TPSA) is 233 Å². The van der Waals surface area contributed by atoms with Crippen LogP contribution in [0.25, 0.3) is 0 Å². The summed E-state index contributed by atoms with van der Waals surface area (Å²) in [5.41, 5.74) is -2.82. The Morgan fingerprint density at radius 2 is 0.471 bits per heavy atom. The molecule has 0 aliphatic carbocycles. The van der Waals surface area contributed by atoms with E-state index >= 15 is 0 Å². The number of carbonyl (C=O) groups is 5. The Bertz CT molecular complexity index is 1820. The van der Waals surface area contributed by atoms with E-state index in [1.54, 1.807) is 0 Å². The molecule has 16 heteroatoms. The molecule has 5 rings (SSSR count). The molecule has 15 nitrogen and oxygen atoms in total. The van der Waals surface area contributed by atoms with Crippen LogP contribution < -0.4 is 15.1 Å². The number of aromatic carboxylic acids is 5. The molecular formula is C35H25O15Sb. The first-order valence-electron chi connectivity index (χ1n) is 14.5. The fourth-order valence-corrected chi connectivity index (χ4v) is 12.5. The van der Waals surface area contributed by atoms with Crippen LogP contribution in [0.4, 0.5) is 0 Å². The Kier molecular flexibility index (Phi) is 10.0. The van der Waals surface area contributed by atoms with Gasteiger partial charge in [0.15, 0.2) is 0 Å². The molecule has 51 heavy (non-hydrogen) atoms. The maximum atomic E-state index is 12.5. The second-order valence-corrected chi connectivity index (χ2v) is 17.1. The predicted molar refractivity (Wildman–Crippen MR) is 176 cm³/mol. The minimum absolute atomic E-state index is 0.564. The molecule has 5 N–H and O–H groups in total. The van der Waals surface area contributed by atoms with Crippen LogP contribution in [0.3, 0.4) is 0 Å². The summed E-state index contributed by atoms with van der Waals surface area (Å²) in [5, 5.41) is 50.7. The summed E-state index contributed by atoms with van der Waals surface area (Å²) in [6, 6.07) is 24.4. The van der Waals surface area contributed by atoms with Gasteiger partial charge in [-0.1, -0.05) is 0 Å². The van der Waals surface area contributed by atoms with Gasteiger partial charge in [-0.15, -0.1) is 0 Å². The fourth-order valence-electron chi connectivity index (χ4n) is 4.60. The van der Waals surface area contributed by atoms with E-state index in [1.807, 2.05) is 0 Å². The summed E-state index contributed by atoms with van der Waals surface area (Å²) in [7, 11) is 0. The van der Waals surface area contributed by atoms with Crippen LogP contribution in [0.2, 0.25) is 0 Å². The molecule has 0 amide bonds. The van der Waals surface area contributed by atoms with Crippen LogP contribution in [0.1, 0.15) is 51.8 Å². The first-order valence-corrected chi connectivity index (χ1v) is 19.7. The molecule has 5 aromatic carbocycles. The van der Waals surface area contributed by atoms with Gasteiger partial charge >= 0.3 is 292 Å². The van der Waals surface area contributed by atoms with Crippen molar-refractivity contribution in [1.82, 2.24) is 0 Å². The summed E-state index contributed by atoms with van der Waals surface area (Å²) in [6.45, 7) is 0. The number of para-hydroxylation sites is 5.